The van der Waals surface area contributed by atoms with Crippen LogP contribution >= 0.6 is 0 Å². The molecule has 2 nitrogen and oxygen atoms in total. The van der Waals surface area contributed by atoms with Crippen LogP contribution in [0.4, 0.5) is 0 Å². The molecule has 1 aromatic rings. The first kappa shape index (κ1) is 15.0. The molecule has 0 spiro atoms. The van der Waals surface area contributed by atoms with Gasteiger partial charge in [-0.05, 0) is 61.3 Å². The molecule has 1 aromatic carbocycles. The Morgan fingerprint density at radius 3 is 2.45 bits per heavy atom. The molecule has 0 aliphatic heterocycles. The van der Waals surface area contributed by atoms with E-state index in [4.69, 9.17) is 9.47 Å². The molecule has 1 fully saturated rings. The average Bonchev–Trinajstić information content (AvgIpc) is 2.49. The predicted molar refractivity (Wildman–Crippen MR) is 83.1 cm³/mol. The van der Waals surface area contributed by atoms with Crippen molar-refractivity contribution in [1.29, 1.82) is 0 Å². The maximum Gasteiger partial charge on any atom is 0.119 e. The van der Waals surface area contributed by atoms with Crippen LogP contribution in [-0.2, 0) is 4.74 Å². The van der Waals surface area contributed by atoms with E-state index in [-0.39, 0.29) is 0 Å². The van der Waals surface area contributed by atoms with Crippen molar-refractivity contribution in [2.45, 2.75) is 51.4 Å². The number of rotatable bonds is 6. The molecule has 1 aliphatic rings. The van der Waals surface area contributed by atoms with Gasteiger partial charge in [-0.25, -0.2) is 0 Å². The fourth-order valence-corrected chi connectivity index (χ4v) is 2.78. The largest absolute Gasteiger partial charge is 0.504 e. The first-order valence-electron chi connectivity index (χ1n) is 7.77. The Hall–Kier alpha value is -1.44. The van der Waals surface area contributed by atoms with E-state index in [1.54, 1.807) is 7.11 Å². The van der Waals surface area contributed by atoms with Crippen LogP contribution in [0.15, 0.2) is 36.1 Å². The van der Waals surface area contributed by atoms with Crippen molar-refractivity contribution in [2.75, 3.05) is 13.7 Å². The molecule has 0 unspecified atom stereocenters. The fraction of sp³-hybridized carbons (Fsp3) is 0.556. The summed E-state index contributed by atoms with van der Waals surface area (Å²) in [4.78, 5) is 0. The van der Waals surface area contributed by atoms with Crippen LogP contribution < -0.4 is 4.74 Å². The lowest BCUT2D eigenvalue weighted by molar-refractivity contribution is 0.309. The zero-order chi connectivity index (χ0) is 14.2. The molecule has 0 saturated heterocycles. The van der Waals surface area contributed by atoms with Crippen molar-refractivity contribution in [2.24, 2.45) is 0 Å². The topological polar surface area (TPSA) is 18.5 Å². The molecule has 1 saturated carbocycles. The van der Waals surface area contributed by atoms with Gasteiger partial charge in [0.1, 0.15) is 5.75 Å². The molecule has 110 valence electrons. The van der Waals surface area contributed by atoms with E-state index in [1.807, 2.05) is 6.26 Å². The van der Waals surface area contributed by atoms with Gasteiger partial charge in [0.2, 0.25) is 0 Å². The number of methoxy groups -OCH3 is 1. The second kappa shape index (κ2) is 7.98. The van der Waals surface area contributed by atoms with Gasteiger partial charge < -0.3 is 9.47 Å². The second-order valence-corrected chi connectivity index (χ2v) is 5.56. The summed E-state index contributed by atoms with van der Waals surface area (Å²) in [5, 5.41) is 0. The molecule has 0 radical (unpaired) electrons. The van der Waals surface area contributed by atoms with E-state index in [0.717, 1.165) is 31.6 Å². The summed E-state index contributed by atoms with van der Waals surface area (Å²) in [5.41, 5.74) is 2.90. The van der Waals surface area contributed by atoms with Crippen LogP contribution in [0, 0.1) is 0 Å². The highest BCUT2D eigenvalue weighted by Gasteiger charge is 2.18. The van der Waals surface area contributed by atoms with Gasteiger partial charge in [-0.2, -0.15) is 0 Å². The molecular weight excluding hydrogens is 248 g/mol. The van der Waals surface area contributed by atoms with Crippen LogP contribution in [0.5, 0.6) is 5.75 Å². The summed E-state index contributed by atoms with van der Waals surface area (Å²) < 4.78 is 10.8. The Labute approximate surface area is 122 Å². The monoisotopic (exact) mass is 274 g/mol. The van der Waals surface area contributed by atoms with Crippen molar-refractivity contribution < 1.29 is 9.47 Å². The Morgan fingerprint density at radius 1 is 1.15 bits per heavy atom. The van der Waals surface area contributed by atoms with Crippen molar-refractivity contribution >= 4 is 0 Å². The lowest BCUT2D eigenvalue weighted by Crippen LogP contribution is -2.07. The Morgan fingerprint density at radius 2 is 1.85 bits per heavy atom. The third-order valence-electron chi connectivity index (χ3n) is 4.03. The number of benzene rings is 1. The van der Waals surface area contributed by atoms with E-state index < -0.39 is 0 Å². The number of hydrogen-bond donors (Lipinski definition) is 0. The van der Waals surface area contributed by atoms with E-state index in [1.165, 1.54) is 30.4 Å². The maximum absolute atomic E-state index is 5.71. The SMILES string of the molecule is CCCCOc1ccc(C2CCC(=COC)CC2)cc1. The molecule has 0 amide bonds. The zero-order valence-corrected chi connectivity index (χ0v) is 12.7. The minimum atomic E-state index is 0.689. The number of allylic oxidation sites excluding steroid dienone is 1. The lowest BCUT2D eigenvalue weighted by Gasteiger charge is -2.24. The van der Waals surface area contributed by atoms with E-state index >= 15 is 0 Å². The summed E-state index contributed by atoms with van der Waals surface area (Å²) in [6, 6.07) is 8.70. The van der Waals surface area contributed by atoms with Crippen molar-refractivity contribution in [1.82, 2.24) is 0 Å². The molecule has 0 atom stereocenters. The molecule has 1 aliphatic carbocycles. The molecule has 20 heavy (non-hydrogen) atoms. The van der Waals surface area contributed by atoms with Gasteiger partial charge in [0.05, 0.1) is 20.0 Å². The predicted octanol–water partition coefficient (Wildman–Crippen LogP) is 5.05. The van der Waals surface area contributed by atoms with Crippen LogP contribution in [0.2, 0.25) is 0 Å². The van der Waals surface area contributed by atoms with Crippen molar-refractivity contribution in [3.63, 3.8) is 0 Å². The third kappa shape index (κ3) is 4.29. The van der Waals surface area contributed by atoms with Crippen LogP contribution in [0.25, 0.3) is 0 Å². The van der Waals surface area contributed by atoms with Gasteiger partial charge >= 0.3 is 0 Å². The smallest absolute Gasteiger partial charge is 0.119 e. The molecule has 2 heteroatoms. The third-order valence-corrected chi connectivity index (χ3v) is 4.03. The van der Waals surface area contributed by atoms with Gasteiger partial charge in [-0.15, -0.1) is 0 Å². The molecule has 0 N–H and O–H groups in total. The van der Waals surface area contributed by atoms with Crippen LogP contribution in [0.1, 0.15) is 56.9 Å². The minimum Gasteiger partial charge on any atom is -0.504 e. The highest BCUT2D eigenvalue weighted by Crippen LogP contribution is 2.35. The van der Waals surface area contributed by atoms with E-state index in [9.17, 15) is 0 Å². The van der Waals surface area contributed by atoms with Crippen molar-refractivity contribution in [3.8, 4) is 5.75 Å². The summed E-state index contributed by atoms with van der Waals surface area (Å²) in [6.45, 7) is 3.01. The molecule has 2 rings (SSSR count). The summed E-state index contributed by atoms with van der Waals surface area (Å²) in [7, 11) is 1.73. The van der Waals surface area contributed by atoms with Gasteiger partial charge in [0, 0.05) is 0 Å². The fourth-order valence-electron chi connectivity index (χ4n) is 2.78. The second-order valence-electron chi connectivity index (χ2n) is 5.56. The van der Waals surface area contributed by atoms with Gasteiger partial charge in [0.25, 0.3) is 0 Å². The highest BCUT2D eigenvalue weighted by molar-refractivity contribution is 5.30. The minimum absolute atomic E-state index is 0.689. The van der Waals surface area contributed by atoms with Gasteiger partial charge in [0.15, 0.2) is 0 Å². The molecule has 0 heterocycles. The number of hydrogen-bond acceptors (Lipinski definition) is 2. The van der Waals surface area contributed by atoms with Crippen LogP contribution in [-0.4, -0.2) is 13.7 Å². The maximum atomic E-state index is 5.71. The van der Waals surface area contributed by atoms with Crippen molar-refractivity contribution in [3.05, 3.63) is 41.7 Å². The number of ether oxygens (including phenoxy) is 2. The standard InChI is InChI=1S/C18H26O2/c1-3-4-13-20-18-11-9-17(10-12-18)16-7-5-15(6-8-16)14-19-2/h9-12,14,16H,3-8,13H2,1-2H3. The Balaban J connectivity index is 1.86. The normalized spacial score (nSPS) is 18.7. The summed E-state index contributed by atoms with van der Waals surface area (Å²) in [5.74, 6) is 1.69. The van der Waals surface area contributed by atoms with E-state index in [2.05, 4.69) is 31.2 Å². The van der Waals surface area contributed by atoms with Gasteiger partial charge in [-0.3, -0.25) is 0 Å². The Kier molecular flexibility index (Phi) is 5.97. The quantitative estimate of drug-likeness (QED) is 0.533. The summed E-state index contributed by atoms with van der Waals surface area (Å²) >= 11 is 0. The first-order valence-corrected chi connectivity index (χ1v) is 7.77. The molecular formula is C18H26O2. The van der Waals surface area contributed by atoms with Gasteiger partial charge in [-0.1, -0.05) is 25.5 Å². The first-order chi connectivity index (χ1) is 9.83. The van der Waals surface area contributed by atoms with Crippen LogP contribution in [0.3, 0.4) is 0 Å². The highest BCUT2D eigenvalue weighted by atomic mass is 16.5. The molecule has 0 bridgehead atoms. The summed E-state index contributed by atoms with van der Waals surface area (Å²) in [6.07, 6.45) is 8.99. The molecule has 0 aromatic heterocycles. The number of unbranched alkanes of at least 4 members (excludes halogenated alkanes) is 1. The lowest BCUT2D eigenvalue weighted by atomic mass is 9.82. The zero-order valence-electron chi connectivity index (χ0n) is 12.7. The average molecular weight is 274 g/mol. The van der Waals surface area contributed by atoms with E-state index in [0.29, 0.717) is 5.92 Å². The Bertz CT molecular complexity index is 410.